The molecule has 0 saturated heterocycles. The average molecular weight is 226 g/mol. The predicted molar refractivity (Wildman–Crippen MR) is 67.1 cm³/mol. The summed E-state index contributed by atoms with van der Waals surface area (Å²) in [6.45, 7) is 6.89. The van der Waals surface area contributed by atoms with Crippen LogP contribution in [0.1, 0.15) is 59.3 Å². The van der Waals surface area contributed by atoms with Crippen molar-refractivity contribution in [1.29, 1.82) is 0 Å². The molecule has 0 aromatic rings. The normalized spacial score (nSPS) is 21.2. The number of carbonyl (C=O) groups excluding carboxylic acids is 1. The van der Waals surface area contributed by atoms with Gasteiger partial charge in [-0.15, -0.1) is 0 Å². The molecular formula is C13H26N2O. The largest absolute Gasteiger partial charge is 0.354 e. The van der Waals surface area contributed by atoms with Gasteiger partial charge >= 0.3 is 0 Å². The van der Waals surface area contributed by atoms with E-state index in [4.69, 9.17) is 5.73 Å². The summed E-state index contributed by atoms with van der Waals surface area (Å²) in [5, 5.41) is 3.03. The predicted octanol–water partition coefficient (Wildman–Crippen LogP) is 2.20. The van der Waals surface area contributed by atoms with Crippen molar-refractivity contribution in [2.75, 3.05) is 6.54 Å². The summed E-state index contributed by atoms with van der Waals surface area (Å²) < 4.78 is 0. The molecular weight excluding hydrogens is 200 g/mol. The van der Waals surface area contributed by atoms with Gasteiger partial charge in [0.1, 0.15) is 0 Å². The lowest BCUT2D eigenvalue weighted by molar-refractivity contribution is -0.126. The zero-order valence-electron chi connectivity index (χ0n) is 10.9. The summed E-state index contributed by atoms with van der Waals surface area (Å²) in [6.07, 6.45) is 6.64. The summed E-state index contributed by atoms with van der Waals surface area (Å²) in [7, 11) is 0. The summed E-state index contributed by atoms with van der Waals surface area (Å²) in [5.74, 6) is 0.0109. The molecule has 1 aliphatic rings. The van der Waals surface area contributed by atoms with Crippen LogP contribution in [-0.2, 0) is 4.79 Å². The van der Waals surface area contributed by atoms with Gasteiger partial charge in [-0.05, 0) is 38.0 Å². The van der Waals surface area contributed by atoms with E-state index >= 15 is 0 Å². The molecule has 0 radical (unpaired) electrons. The van der Waals surface area contributed by atoms with Gasteiger partial charge in [-0.25, -0.2) is 0 Å². The molecule has 1 aliphatic carbocycles. The lowest BCUT2D eigenvalue weighted by Gasteiger charge is -2.24. The lowest BCUT2D eigenvalue weighted by atomic mass is 9.95. The Morgan fingerprint density at radius 1 is 1.38 bits per heavy atom. The molecule has 1 amide bonds. The van der Waals surface area contributed by atoms with Gasteiger partial charge in [0, 0.05) is 6.54 Å². The fourth-order valence-electron chi connectivity index (χ4n) is 2.32. The molecule has 0 aliphatic heterocycles. The minimum Gasteiger partial charge on any atom is -0.354 e. The Labute approximate surface area is 99.2 Å². The molecule has 0 spiro atoms. The maximum Gasteiger partial charge on any atom is 0.239 e. The lowest BCUT2D eigenvalue weighted by Crippen LogP contribution is -2.52. The smallest absolute Gasteiger partial charge is 0.239 e. The highest BCUT2D eigenvalue weighted by molar-refractivity contribution is 5.85. The standard InChI is InChI=1S/C13H26N2O/c1-4-6-12(3,14)11(16)15-10-13(7-5-2)8-9-13/h4-10,14H2,1-3H3,(H,15,16). The van der Waals surface area contributed by atoms with Crippen LogP contribution < -0.4 is 11.1 Å². The minimum atomic E-state index is -0.697. The fraction of sp³-hybridized carbons (Fsp3) is 0.923. The Bertz CT molecular complexity index is 244. The van der Waals surface area contributed by atoms with E-state index in [1.165, 1.54) is 25.7 Å². The third kappa shape index (κ3) is 3.48. The molecule has 1 fully saturated rings. The van der Waals surface area contributed by atoms with Crippen LogP contribution in [0.3, 0.4) is 0 Å². The highest BCUT2D eigenvalue weighted by Crippen LogP contribution is 2.48. The van der Waals surface area contributed by atoms with Gasteiger partial charge in [-0.3, -0.25) is 4.79 Å². The van der Waals surface area contributed by atoms with Crippen LogP contribution in [0.25, 0.3) is 0 Å². The van der Waals surface area contributed by atoms with E-state index in [9.17, 15) is 4.79 Å². The van der Waals surface area contributed by atoms with Crippen LogP contribution in [0.15, 0.2) is 0 Å². The summed E-state index contributed by atoms with van der Waals surface area (Å²) >= 11 is 0. The van der Waals surface area contributed by atoms with Crippen molar-refractivity contribution in [2.24, 2.45) is 11.1 Å². The van der Waals surface area contributed by atoms with Gasteiger partial charge < -0.3 is 11.1 Å². The van der Waals surface area contributed by atoms with Crippen LogP contribution in [0.4, 0.5) is 0 Å². The highest BCUT2D eigenvalue weighted by Gasteiger charge is 2.42. The van der Waals surface area contributed by atoms with Gasteiger partial charge in [0.2, 0.25) is 5.91 Å². The van der Waals surface area contributed by atoms with Crippen molar-refractivity contribution in [3.05, 3.63) is 0 Å². The molecule has 1 saturated carbocycles. The number of hydrogen-bond donors (Lipinski definition) is 2. The summed E-state index contributed by atoms with van der Waals surface area (Å²) in [6, 6.07) is 0. The summed E-state index contributed by atoms with van der Waals surface area (Å²) in [5.41, 5.74) is 5.69. The Morgan fingerprint density at radius 3 is 2.44 bits per heavy atom. The molecule has 3 N–H and O–H groups in total. The van der Waals surface area contributed by atoms with Crippen LogP contribution in [0.5, 0.6) is 0 Å². The SMILES string of the molecule is CCCC1(CNC(=O)C(C)(N)CCC)CC1. The number of nitrogens with two attached hydrogens (primary N) is 1. The van der Waals surface area contributed by atoms with E-state index in [0.29, 0.717) is 5.41 Å². The second-order valence-corrected chi connectivity index (χ2v) is 5.60. The van der Waals surface area contributed by atoms with Crippen molar-refractivity contribution in [3.63, 3.8) is 0 Å². The molecule has 94 valence electrons. The Hall–Kier alpha value is -0.570. The average Bonchev–Trinajstić information content (AvgIpc) is 2.95. The first-order valence-corrected chi connectivity index (χ1v) is 6.53. The van der Waals surface area contributed by atoms with Crippen molar-refractivity contribution in [3.8, 4) is 0 Å². The second kappa shape index (κ2) is 5.17. The molecule has 0 aromatic heterocycles. The van der Waals surface area contributed by atoms with Crippen LogP contribution in [-0.4, -0.2) is 18.0 Å². The third-order valence-electron chi connectivity index (χ3n) is 3.65. The van der Waals surface area contributed by atoms with E-state index in [1.54, 1.807) is 0 Å². The molecule has 0 aromatic carbocycles. The first-order chi connectivity index (χ1) is 7.46. The molecule has 1 atom stereocenters. The number of carbonyl (C=O) groups is 1. The quantitative estimate of drug-likeness (QED) is 0.699. The van der Waals surface area contributed by atoms with Crippen LogP contribution in [0.2, 0.25) is 0 Å². The Balaban J connectivity index is 2.35. The first-order valence-electron chi connectivity index (χ1n) is 6.53. The van der Waals surface area contributed by atoms with E-state index in [0.717, 1.165) is 19.4 Å². The minimum absolute atomic E-state index is 0.0109. The van der Waals surface area contributed by atoms with Crippen LogP contribution in [0, 0.1) is 5.41 Å². The number of nitrogens with one attached hydrogen (secondary N) is 1. The van der Waals surface area contributed by atoms with Gasteiger partial charge in [-0.2, -0.15) is 0 Å². The maximum absolute atomic E-state index is 11.9. The van der Waals surface area contributed by atoms with Crippen molar-refractivity contribution in [2.45, 2.75) is 64.8 Å². The molecule has 0 heterocycles. The first kappa shape index (κ1) is 13.5. The maximum atomic E-state index is 11.9. The van der Waals surface area contributed by atoms with Crippen molar-refractivity contribution in [1.82, 2.24) is 5.32 Å². The van der Waals surface area contributed by atoms with E-state index in [2.05, 4.69) is 19.2 Å². The van der Waals surface area contributed by atoms with Gasteiger partial charge in [0.25, 0.3) is 0 Å². The van der Waals surface area contributed by atoms with Crippen molar-refractivity contribution >= 4 is 5.91 Å². The van der Waals surface area contributed by atoms with E-state index in [1.807, 2.05) is 6.92 Å². The van der Waals surface area contributed by atoms with E-state index in [-0.39, 0.29) is 5.91 Å². The third-order valence-corrected chi connectivity index (χ3v) is 3.65. The second-order valence-electron chi connectivity index (χ2n) is 5.60. The van der Waals surface area contributed by atoms with Crippen molar-refractivity contribution < 1.29 is 4.79 Å². The molecule has 3 heteroatoms. The zero-order valence-corrected chi connectivity index (χ0v) is 10.9. The van der Waals surface area contributed by atoms with Crippen LogP contribution >= 0.6 is 0 Å². The Morgan fingerprint density at radius 2 is 2.00 bits per heavy atom. The zero-order chi connectivity index (χ0) is 12.2. The Kier molecular flexibility index (Phi) is 4.36. The summed E-state index contributed by atoms with van der Waals surface area (Å²) in [4.78, 5) is 11.9. The number of hydrogen-bond acceptors (Lipinski definition) is 2. The number of rotatable bonds is 7. The van der Waals surface area contributed by atoms with E-state index < -0.39 is 5.54 Å². The monoisotopic (exact) mass is 226 g/mol. The van der Waals surface area contributed by atoms with Gasteiger partial charge in [0.05, 0.1) is 5.54 Å². The number of amides is 1. The van der Waals surface area contributed by atoms with Gasteiger partial charge in [0.15, 0.2) is 0 Å². The molecule has 3 nitrogen and oxygen atoms in total. The molecule has 16 heavy (non-hydrogen) atoms. The fourth-order valence-corrected chi connectivity index (χ4v) is 2.32. The molecule has 0 bridgehead atoms. The van der Waals surface area contributed by atoms with Gasteiger partial charge in [-0.1, -0.05) is 26.7 Å². The topological polar surface area (TPSA) is 55.1 Å². The molecule has 1 rings (SSSR count). The highest BCUT2D eigenvalue weighted by atomic mass is 16.2. The molecule has 1 unspecified atom stereocenters.